The van der Waals surface area contributed by atoms with Gasteiger partial charge in [0.2, 0.25) is 5.88 Å². The predicted octanol–water partition coefficient (Wildman–Crippen LogP) is 2.65. The van der Waals surface area contributed by atoms with Crippen molar-refractivity contribution in [3.05, 3.63) is 36.3 Å². The van der Waals surface area contributed by atoms with Crippen LogP contribution >= 0.6 is 0 Å². The van der Waals surface area contributed by atoms with Crippen molar-refractivity contribution in [1.29, 1.82) is 0 Å². The first kappa shape index (κ1) is 20.1. The molecule has 0 spiro atoms. The molecule has 1 fully saturated rings. The number of ether oxygens (including phenoxy) is 1. The van der Waals surface area contributed by atoms with Crippen LogP contribution < -0.4 is 4.74 Å². The number of hydrogen-bond donors (Lipinski definition) is 1. The van der Waals surface area contributed by atoms with Crippen molar-refractivity contribution < 1.29 is 23.1 Å². The molecule has 3 heterocycles. The lowest BCUT2D eigenvalue weighted by Crippen LogP contribution is -2.38. The fraction of sp³-hybridized carbons (Fsp3) is 0.368. The average Bonchev–Trinajstić information content (AvgIpc) is 3.05. The molecule has 0 radical (unpaired) electrons. The summed E-state index contributed by atoms with van der Waals surface area (Å²) in [6.45, 7) is 2.73. The fourth-order valence-corrected chi connectivity index (χ4v) is 4.24. The van der Waals surface area contributed by atoms with E-state index in [-0.39, 0.29) is 10.9 Å². The fourth-order valence-electron chi connectivity index (χ4n) is 3.61. The summed E-state index contributed by atoms with van der Waals surface area (Å²) in [5.41, 5.74) is 1.33. The van der Waals surface area contributed by atoms with Gasteiger partial charge in [-0.05, 0) is 44.0 Å². The number of piperidine rings is 1. The molecule has 0 atom stereocenters. The molecule has 2 aromatic heterocycles. The van der Waals surface area contributed by atoms with Gasteiger partial charge in [0.05, 0.1) is 16.6 Å². The summed E-state index contributed by atoms with van der Waals surface area (Å²) in [7, 11) is -3.29. The lowest BCUT2D eigenvalue weighted by atomic mass is 10.1. The van der Waals surface area contributed by atoms with E-state index in [1.54, 1.807) is 12.1 Å². The maximum atomic E-state index is 11.6. The van der Waals surface area contributed by atoms with Crippen molar-refractivity contribution >= 4 is 27.0 Å². The molecule has 11 heteroatoms. The largest absolute Gasteiger partial charge is 0.465 e. The van der Waals surface area contributed by atoms with E-state index < -0.39 is 15.9 Å². The molecule has 10 nitrogen and oxygen atoms in total. The van der Waals surface area contributed by atoms with Gasteiger partial charge in [-0.3, -0.25) is 0 Å². The van der Waals surface area contributed by atoms with Crippen LogP contribution in [0.25, 0.3) is 11.0 Å². The third-order valence-electron chi connectivity index (χ3n) is 5.18. The Morgan fingerprint density at radius 3 is 2.43 bits per heavy atom. The maximum absolute atomic E-state index is 11.6. The minimum absolute atomic E-state index is 0.0357. The first-order chi connectivity index (χ1) is 14.2. The average molecular weight is 431 g/mol. The highest BCUT2D eigenvalue weighted by molar-refractivity contribution is 7.90. The Hall–Kier alpha value is -3.21. The van der Waals surface area contributed by atoms with Crippen molar-refractivity contribution in [3.8, 4) is 11.6 Å². The lowest BCUT2D eigenvalue weighted by Gasteiger charge is -2.30. The van der Waals surface area contributed by atoms with Crippen molar-refractivity contribution in [2.45, 2.75) is 30.7 Å². The second-order valence-electron chi connectivity index (χ2n) is 7.25. The number of amides is 1. The molecule has 1 aliphatic heterocycles. The number of carbonyl (C=O) groups is 1. The summed E-state index contributed by atoms with van der Waals surface area (Å²) in [5, 5.41) is 14.4. The van der Waals surface area contributed by atoms with Crippen molar-refractivity contribution in [3.63, 3.8) is 0 Å². The zero-order chi connectivity index (χ0) is 21.5. The molecule has 0 saturated carbocycles. The number of sulfone groups is 1. The van der Waals surface area contributed by atoms with Crippen LogP contribution in [0.5, 0.6) is 11.6 Å². The van der Waals surface area contributed by atoms with E-state index in [0.29, 0.717) is 54.3 Å². The van der Waals surface area contributed by atoms with Crippen LogP contribution in [-0.2, 0) is 9.84 Å². The Labute approximate surface area is 173 Å². The van der Waals surface area contributed by atoms with Crippen molar-refractivity contribution in [1.82, 2.24) is 24.6 Å². The Balaban J connectivity index is 1.63. The van der Waals surface area contributed by atoms with Gasteiger partial charge in [-0.1, -0.05) is 0 Å². The molecule has 30 heavy (non-hydrogen) atoms. The zero-order valence-electron chi connectivity index (χ0n) is 16.5. The molecule has 0 unspecified atom stereocenters. The maximum Gasteiger partial charge on any atom is 0.407 e. The molecule has 1 aromatic carbocycles. The van der Waals surface area contributed by atoms with Gasteiger partial charge in [0.25, 0.3) is 0 Å². The molecule has 1 N–H and O–H groups in total. The van der Waals surface area contributed by atoms with Crippen LogP contribution in [-0.4, -0.2) is 63.6 Å². The summed E-state index contributed by atoms with van der Waals surface area (Å²) in [6.07, 6.45) is 2.93. The third-order valence-corrected chi connectivity index (χ3v) is 6.30. The topological polar surface area (TPSA) is 128 Å². The molecular weight excluding hydrogens is 410 g/mol. The van der Waals surface area contributed by atoms with Gasteiger partial charge in [-0.15, -0.1) is 0 Å². The van der Waals surface area contributed by atoms with E-state index in [1.165, 1.54) is 23.4 Å². The smallest absolute Gasteiger partial charge is 0.407 e. The Bertz CT molecular complexity index is 1200. The molecule has 3 aromatic rings. The Morgan fingerprint density at radius 1 is 1.17 bits per heavy atom. The lowest BCUT2D eigenvalue weighted by molar-refractivity contribution is 0.124. The van der Waals surface area contributed by atoms with Gasteiger partial charge in [-0.2, -0.15) is 5.10 Å². The summed E-state index contributed by atoms with van der Waals surface area (Å²) < 4.78 is 31.0. The minimum atomic E-state index is -3.29. The second kappa shape index (κ2) is 7.56. The van der Waals surface area contributed by atoms with E-state index in [2.05, 4.69) is 15.1 Å². The van der Waals surface area contributed by atoms with Crippen LogP contribution in [0.4, 0.5) is 4.79 Å². The second-order valence-corrected chi connectivity index (χ2v) is 9.27. The van der Waals surface area contributed by atoms with Gasteiger partial charge in [-0.25, -0.2) is 27.9 Å². The van der Waals surface area contributed by atoms with E-state index in [9.17, 15) is 13.2 Å². The van der Waals surface area contributed by atoms with Crippen molar-refractivity contribution in [2.75, 3.05) is 19.3 Å². The van der Waals surface area contributed by atoms with Crippen LogP contribution in [0, 0.1) is 6.92 Å². The number of nitrogens with zero attached hydrogens (tertiary/aromatic N) is 5. The van der Waals surface area contributed by atoms with E-state index in [4.69, 9.17) is 9.84 Å². The number of rotatable bonds is 4. The molecule has 1 amide bonds. The monoisotopic (exact) mass is 431 g/mol. The Kier molecular flexibility index (Phi) is 5.06. The highest BCUT2D eigenvalue weighted by atomic mass is 32.2. The highest BCUT2D eigenvalue weighted by Crippen LogP contribution is 2.33. The van der Waals surface area contributed by atoms with Crippen LogP contribution in [0.3, 0.4) is 0 Å². The van der Waals surface area contributed by atoms with Gasteiger partial charge in [0.1, 0.15) is 17.5 Å². The van der Waals surface area contributed by atoms with Crippen molar-refractivity contribution in [2.24, 2.45) is 0 Å². The number of likely N-dealkylation sites (tertiary alicyclic amines) is 1. The first-order valence-electron chi connectivity index (χ1n) is 9.39. The summed E-state index contributed by atoms with van der Waals surface area (Å²) in [5.74, 6) is 0.781. The molecule has 4 rings (SSSR count). The van der Waals surface area contributed by atoms with E-state index in [1.807, 2.05) is 11.6 Å². The first-order valence-corrected chi connectivity index (χ1v) is 11.3. The molecule has 0 bridgehead atoms. The Morgan fingerprint density at radius 2 is 1.83 bits per heavy atom. The summed E-state index contributed by atoms with van der Waals surface area (Å²) in [6, 6.07) is 6.15. The summed E-state index contributed by atoms with van der Waals surface area (Å²) in [4.78, 5) is 21.4. The van der Waals surface area contributed by atoms with Gasteiger partial charge < -0.3 is 14.7 Å². The highest BCUT2D eigenvalue weighted by Gasteiger charge is 2.27. The SMILES string of the molecule is Cc1nn(C2CCN(C(=O)O)CC2)c2ncnc(Oc3ccc(S(C)(=O)=O)cc3)c12. The number of hydrogen-bond acceptors (Lipinski definition) is 7. The van der Waals surface area contributed by atoms with Crippen LogP contribution in [0.1, 0.15) is 24.6 Å². The number of benzene rings is 1. The normalized spacial score (nSPS) is 15.5. The number of aromatic nitrogens is 4. The molecule has 158 valence electrons. The third kappa shape index (κ3) is 3.80. The number of carboxylic acid groups (broad SMARTS) is 1. The molecule has 1 aliphatic rings. The van der Waals surface area contributed by atoms with Gasteiger partial charge in [0.15, 0.2) is 15.5 Å². The van der Waals surface area contributed by atoms with Crippen LogP contribution in [0.2, 0.25) is 0 Å². The van der Waals surface area contributed by atoms with E-state index >= 15 is 0 Å². The number of fused-ring (bicyclic) bond motifs is 1. The molecular formula is C19H21N5O5S. The summed E-state index contributed by atoms with van der Waals surface area (Å²) >= 11 is 0. The quantitative estimate of drug-likeness (QED) is 0.668. The standard InChI is InChI=1S/C19H21N5O5S/c1-12-16-17(24(22-12)13-7-9-23(10-8-13)19(25)26)20-11-21-18(16)29-14-3-5-15(6-4-14)30(2,27)28/h3-6,11,13H,7-10H2,1-2H3,(H,25,26). The molecule has 1 saturated heterocycles. The molecule has 0 aliphatic carbocycles. The van der Waals surface area contributed by atoms with Crippen LogP contribution in [0.15, 0.2) is 35.5 Å². The zero-order valence-corrected chi connectivity index (χ0v) is 17.3. The van der Waals surface area contributed by atoms with Gasteiger partial charge in [0, 0.05) is 19.3 Å². The predicted molar refractivity (Wildman–Crippen MR) is 108 cm³/mol. The minimum Gasteiger partial charge on any atom is -0.465 e. The number of aryl methyl sites for hydroxylation is 1. The van der Waals surface area contributed by atoms with Gasteiger partial charge >= 0.3 is 6.09 Å². The van der Waals surface area contributed by atoms with E-state index in [0.717, 1.165) is 6.26 Å².